The highest BCUT2D eigenvalue weighted by molar-refractivity contribution is 5.73. The molecule has 1 aromatic rings. The fourth-order valence-electron chi connectivity index (χ4n) is 4.16. The van der Waals surface area contributed by atoms with E-state index in [0.717, 1.165) is 51.1 Å². The third-order valence-corrected chi connectivity index (χ3v) is 5.32. The average Bonchev–Trinajstić information content (AvgIpc) is 2.91. The summed E-state index contributed by atoms with van der Waals surface area (Å²) in [5.41, 5.74) is 6.31. The maximum absolute atomic E-state index is 13.4. The van der Waals surface area contributed by atoms with E-state index in [2.05, 4.69) is 9.80 Å². The van der Waals surface area contributed by atoms with Gasteiger partial charge >= 0.3 is 0 Å². The topological polar surface area (TPSA) is 49.6 Å². The number of amides is 1. The fourth-order valence-corrected chi connectivity index (χ4v) is 4.16. The Labute approximate surface area is 141 Å². The molecule has 0 radical (unpaired) electrons. The van der Waals surface area contributed by atoms with E-state index < -0.39 is 11.6 Å². The molecule has 2 aliphatic heterocycles. The zero-order valence-corrected chi connectivity index (χ0v) is 13.9. The minimum Gasteiger partial charge on any atom is -0.370 e. The van der Waals surface area contributed by atoms with Gasteiger partial charge in [0, 0.05) is 32.6 Å². The Balaban J connectivity index is 1.58. The molecule has 0 saturated carbocycles. The van der Waals surface area contributed by atoms with Crippen molar-refractivity contribution in [3.63, 3.8) is 0 Å². The van der Waals surface area contributed by atoms with E-state index in [0.29, 0.717) is 13.0 Å². The van der Waals surface area contributed by atoms with Crippen molar-refractivity contribution in [3.8, 4) is 0 Å². The molecule has 2 aliphatic rings. The number of rotatable bonds is 5. The number of nitrogens with two attached hydrogens (primary N) is 1. The van der Waals surface area contributed by atoms with Gasteiger partial charge in [0.1, 0.15) is 0 Å². The summed E-state index contributed by atoms with van der Waals surface area (Å²) in [5.74, 6) is -1.83. The van der Waals surface area contributed by atoms with Crippen molar-refractivity contribution in [2.75, 3.05) is 32.7 Å². The summed E-state index contributed by atoms with van der Waals surface area (Å²) in [6, 6.07) is 4.16. The molecule has 1 spiro atoms. The third-order valence-electron chi connectivity index (χ3n) is 5.32. The molecular formula is C18H25F2N3O. The van der Waals surface area contributed by atoms with Crippen LogP contribution in [-0.2, 0) is 11.3 Å². The minimum absolute atomic E-state index is 0.250. The highest BCUT2D eigenvalue weighted by Crippen LogP contribution is 2.39. The van der Waals surface area contributed by atoms with Gasteiger partial charge in [-0.3, -0.25) is 9.69 Å². The van der Waals surface area contributed by atoms with Gasteiger partial charge in [-0.15, -0.1) is 0 Å². The maximum atomic E-state index is 13.4. The molecule has 1 aromatic carbocycles. The van der Waals surface area contributed by atoms with Crippen LogP contribution in [0.25, 0.3) is 0 Å². The summed E-state index contributed by atoms with van der Waals surface area (Å²) in [7, 11) is 0. The van der Waals surface area contributed by atoms with E-state index in [9.17, 15) is 13.6 Å². The number of carbonyl (C=O) groups excluding carboxylic acids is 1. The van der Waals surface area contributed by atoms with E-state index in [1.165, 1.54) is 18.6 Å². The molecule has 6 heteroatoms. The standard InChI is InChI=1S/C18H25F2N3O/c19-15-3-2-14(10-16(15)20)11-23-7-1-5-18(13-23)6-9-22(12-18)8-4-17(21)24/h2-3,10H,1,4-9,11-13H2,(H2,21,24)/t18-/m0/s1. The average molecular weight is 337 g/mol. The quantitative estimate of drug-likeness (QED) is 0.895. The SMILES string of the molecule is NC(=O)CCN1CC[C@@]2(CCCN(Cc3ccc(F)c(F)c3)C2)C1. The van der Waals surface area contributed by atoms with Gasteiger partial charge in [-0.2, -0.15) is 0 Å². The van der Waals surface area contributed by atoms with Gasteiger partial charge in [0.2, 0.25) is 5.91 Å². The molecule has 1 amide bonds. The molecular weight excluding hydrogens is 312 g/mol. The van der Waals surface area contributed by atoms with Gasteiger partial charge in [0.15, 0.2) is 11.6 Å². The molecule has 132 valence electrons. The van der Waals surface area contributed by atoms with Crippen LogP contribution in [0, 0.1) is 17.0 Å². The molecule has 4 nitrogen and oxygen atoms in total. The van der Waals surface area contributed by atoms with Crippen molar-refractivity contribution in [2.24, 2.45) is 11.1 Å². The summed E-state index contributed by atoms with van der Waals surface area (Å²) in [6.45, 7) is 5.35. The molecule has 0 unspecified atom stereocenters. The summed E-state index contributed by atoms with van der Waals surface area (Å²) in [6.07, 6.45) is 3.84. The Bertz CT molecular complexity index is 610. The van der Waals surface area contributed by atoms with Gasteiger partial charge in [-0.25, -0.2) is 8.78 Å². The van der Waals surface area contributed by atoms with Crippen LogP contribution in [0.4, 0.5) is 8.78 Å². The Kier molecular flexibility index (Phi) is 5.15. The maximum Gasteiger partial charge on any atom is 0.218 e. The van der Waals surface area contributed by atoms with Gasteiger partial charge < -0.3 is 10.6 Å². The van der Waals surface area contributed by atoms with Crippen LogP contribution >= 0.6 is 0 Å². The number of nitrogens with zero attached hydrogens (tertiary/aromatic N) is 2. The predicted octanol–water partition coefficient (Wildman–Crippen LogP) is 2.13. The van der Waals surface area contributed by atoms with Gasteiger partial charge in [0.05, 0.1) is 0 Å². The summed E-state index contributed by atoms with van der Waals surface area (Å²) in [5, 5.41) is 0. The predicted molar refractivity (Wildman–Crippen MR) is 88.2 cm³/mol. The zero-order valence-electron chi connectivity index (χ0n) is 13.9. The van der Waals surface area contributed by atoms with E-state index in [1.807, 2.05) is 0 Å². The Morgan fingerprint density at radius 3 is 2.67 bits per heavy atom. The summed E-state index contributed by atoms with van der Waals surface area (Å²) in [4.78, 5) is 15.6. The second-order valence-corrected chi connectivity index (χ2v) is 7.31. The van der Waals surface area contributed by atoms with Crippen molar-refractivity contribution in [1.82, 2.24) is 9.80 Å². The van der Waals surface area contributed by atoms with Crippen molar-refractivity contribution in [1.29, 1.82) is 0 Å². The number of hydrogen-bond acceptors (Lipinski definition) is 3. The number of likely N-dealkylation sites (tertiary alicyclic amines) is 2. The lowest BCUT2D eigenvalue weighted by molar-refractivity contribution is -0.118. The van der Waals surface area contributed by atoms with Crippen molar-refractivity contribution in [3.05, 3.63) is 35.4 Å². The van der Waals surface area contributed by atoms with E-state index in [4.69, 9.17) is 5.73 Å². The first-order chi connectivity index (χ1) is 11.5. The molecule has 2 heterocycles. The number of halogens is 2. The summed E-state index contributed by atoms with van der Waals surface area (Å²) < 4.78 is 26.5. The number of benzene rings is 1. The molecule has 3 rings (SSSR count). The molecule has 0 aliphatic carbocycles. The smallest absolute Gasteiger partial charge is 0.218 e. The molecule has 0 bridgehead atoms. The van der Waals surface area contributed by atoms with Crippen molar-refractivity contribution in [2.45, 2.75) is 32.2 Å². The highest BCUT2D eigenvalue weighted by atomic mass is 19.2. The number of hydrogen-bond donors (Lipinski definition) is 1. The number of primary amides is 1. The lowest BCUT2D eigenvalue weighted by Gasteiger charge is -2.40. The molecule has 2 fully saturated rings. The number of piperidine rings is 1. The zero-order chi connectivity index (χ0) is 17.2. The molecule has 2 N–H and O–H groups in total. The molecule has 0 aromatic heterocycles. The second-order valence-electron chi connectivity index (χ2n) is 7.31. The first-order valence-electron chi connectivity index (χ1n) is 8.63. The van der Waals surface area contributed by atoms with E-state index in [-0.39, 0.29) is 11.3 Å². The van der Waals surface area contributed by atoms with Crippen LogP contribution in [-0.4, -0.2) is 48.4 Å². The van der Waals surface area contributed by atoms with Crippen LogP contribution < -0.4 is 5.73 Å². The van der Waals surface area contributed by atoms with Crippen molar-refractivity contribution >= 4 is 5.91 Å². The Hall–Kier alpha value is -1.53. The molecule has 1 atom stereocenters. The van der Waals surface area contributed by atoms with Crippen molar-refractivity contribution < 1.29 is 13.6 Å². The van der Waals surface area contributed by atoms with Gasteiger partial charge in [-0.1, -0.05) is 6.07 Å². The monoisotopic (exact) mass is 337 g/mol. The second kappa shape index (κ2) is 7.15. The van der Waals surface area contributed by atoms with Crippen LogP contribution in [0.3, 0.4) is 0 Å². The molecule has 24 heavy (non-hydrogen) atoms. The number of carbonyl (C=O) groups is 1. The molecule has 2 saturated heterocycles. The first-order valence-corrected chi connectivity index (χ1v) is 8.63. The van der Waals surface area contributed by atoms with E-state index >= 15 is 0 Å². The minimum atomic E-state index is -0.797. The van der Waals surface area contributed by atoms with Crippen LogP contribution in [0.1, 0.15) is 31.2 Å². The highest BCUT2D eigenvalue weighted by Gasteiger charge is 2.41. The Morgan fingerprint density at radius 2 is 1.92 bits per heavy atom. The Morgan fingerprint density at radius 1 is 1.12 bits per heavy atom. The van der Waals surface area contributed by atoms with Gasteiger partial charge in [-0.05, 0) is 55.5 Å². The normalized spacial score (nSPS) is 25.4. The largest absolute Gasteiger partial charge is 0.370 e. The van der Waals surface area contributed by atoms with E-state index in [1.54, 1.807) is 6.07 Å². The fraction of sp³-hybridized carbons (Fsp3) is 0.611. The van der Waals surface area contributed by atoms with Crippen LogP contribution in [0.15, 0.2) is 18.2 Å². The first kappa shape index (κ1) is 17.3. The van der Waals surface area contributed by atoms with Crippen LogP contribution in [0.2, 0.25) is 0 Å². The lowest BCUT2D eigenvalue weighted by Crippen LogP contribution is -2.44. The third kappa shape index (κ3) is 4.11. The van der Waals surface area contributed by atoms with Gasteiger partial charge in [0.25, 0.3) is 0 Å². The lowest BCUT2D eigenvalue weighted by atomic mass is 9.79. The van der Waals surface area contributed by atoms with Crippen LogP contribution in [0.5, 0.6) is 0 Å². The summed E-state index contributed by atoms with van der Waals surface area (Å²) >= 11 is 0.